The van der Waals surface area contributed by atoms with Crippen LogP contribution in [0.2, 0.25) is 0 Å². The van der Waals surface area contributed by atoms with Crippen LogP contribution in [0.4, 0.5) is 0 Å². The Morgan fingerprint density at radius 1 is 1.24 bits per heavy atom. The highest BCUT2D eigenvalue weighted by atomic mass is 16.5. The summed E-state index contributed by atoms with van der Waals surface area (Å²) in [6, 6.07) is 7.50. The molecule has 5 nitrogen and oxygen atoms in total. The first kappa shape index (κ1) is 13.4. The van der Waals surface area contributed by atoms with Crippen LogP contribution in [-0.2, 0) is 13.1 Å². The van der Waals surface area contributed by atoms with Gasteiger partial charge in [0, 0.05) is 37.1 Å². The van der Waals surface area contributed by atoms with E-state index in [-0.39, 0.29) is 5.91 Å². The van der Waals surface area contributed by atoms with Crippen molar-refractivity contribution in [3.63, 3.8) is 0 Å². The van der Waals surface area contributed by atoms with E-state index in [1.165, 1.54) is 0 Å². The molecule has 0 radical (unpaired) electrons. The van der Waals surface area contributed by atoms with Gasteiger partial charge in [-0.1, -0.05) is 0 Å². The molecule has 1 amide bonds. The fraction of sp³-hybridized carbons (Fsp3) is 0.250. The van der Waals surface area contributed by atoms with Crippen molar-refractivity contribution in [2.75, 3.05) is 14.2 Å². The number of pyridine rings is 1. The van der Waals surface area contributed by atoms with Crippen LogP contribution >= 0.6 is 0 Å². The van der Waals surface area contributed by atoms with Crippen LogP contribution in [0.1, 0.15) is 21.5 Å². The molecule has 0 saturated carbocycles. The third-order valence-electron chi connectivity index (χ3n) is 3.65. The van der Waals surface area contributed by atoms with Gasteiger partial charge < -0.3 is 14.4 Å². The molecule has 0 atom stereocenters. The van der Waals surface area contributed by atoms with Gasteiger partial charge in [-0.2, -0.15) is 0 Å². The Balaban J connectivity index is 1.84. The highest BCUT2D eigenvalue weighted by Crippen LogP contribution is 2.29. The zero-order chi connectivity index (χ0) is 14.8. The molecule has 2 aromatic rings. The Bertz CT molecular complexity index is 685. The summed E-state index contributed by atoms with van der Waals surface area (Å²) in [7, 11) is 3.23. The van der Waals surface area contributed by atoms with Gasteiger partial charge in [0.05, 0.1) is 19.8 Å². The number of ether oxygens (including phenoxy) is 2. The van der Waals surface area contributed by atoms with Crippen LogP contribution in [-0.4, -0.2) is 30.0 Å². The molecule has 1 aromatic carbocycles. The molecule has 1 aliphatic heterocycles. The first-order chi connectivity index (χ1) is 10.2. The number of carbonyl (C=O) groups is 1. The van der Waals surface area contributed by atoms with E-state index in [1.807, 2.05) is 24.3 Å². The van der Waals surface area contributed by atoms with Crippen molar-refractivity contribution in [2.24, 2.45) is 0 Å². The number of benzene rings is 1. The molecule has 0 unspecified atom stereocenters. The van der Waals surface area contributed by atoms with Gasteiger partial charge >= 0.3 is 0 Å². The summed E-state index contributed by atoms with van der Waals surface area (Å²) in [6.07, 6.45) is 3.34. The molecule has 0 spiro atoms. The molecule has 0 saturated heterocycles. The highest BCUT2D eigenvalue weighted by molar-refractivity contribution is 5.97. The van der Waals surface area contributed by atoms with Crippen molar-refractivity contribution in [1.29, 1.82) is 0 Å². The lowest BCUT2D eigenvalue weighted by molar-refractivity contribution is 0.0765. The third kappa shape index (κ3) is 2.42. The fourth-order valence-electron chi connectivity index (χ4n) is 2.52. The van der Waals surface area contributed by atoms with Gasteiger partial charge in [-0.3, -0.25) is 9.78 Å². The predicted molar refractivity (Wildman–Crippen MR) is 77.4 cm³/mol. The lowest BCUT2D eigenvalue weighted by Gasteiger charge is -2.18. The number of aromatic nitrogens is 1. The zero-order valence-corrected chi connectivity index (χ0v) is 12.0. The van der Waals surface area contributed by atoms with Gasteiger partial charge in [0.25, 0.3) is 5.91 Å². The van der Waals surface area contributed by atoms with Crippen LogP contribution < -0.4 is 9.47 Å². The average molecular weight is 284 g/mol. The number of fused-ring (bicyclic) bond motifs is 1. The highest BCUT2D eigenvalue weighted by Gasteiger charge is 2.27. The van der Waals surface area contributed by atoms with Crippen LogP contribution in [0.15, 0.2) is 36.7 Å². The number of nitrogens with zero attached hydrogens (tertiary/aromatic N) is 2. The van der Waals surface area contributed by atoms with Crippen molar-refractivity contribution >= 4 is 5.91 Å². The molecular formula is C16H16N2O3. The Morgan fingerprint density at radius 2 is 2.10 bits per heavy atom. The predicted octanol–water partition coefficient (Wildman–Crippen LogP) is 2.25. The van der Waals surface area contributed by atoms with Gasteiger partial charge in [-0.15, -0.1) is 0 Å². The summed E-state index contributed by atoms with van der Waals surface area (Å²) in [5.41, 5.74) is 2.65. The molecule has 108 valence electrons. The summed E-state index contributed by atoms with van der Waals surface area (Å²) in [6.45, 7) is 1.10. The van der Waals surface area contributed by atoms with E-state index in [0.717, 1.165) is 22.6 Å². The average Bonchev–Trinajstić information content (AvgIpc) is 2.84. The van der Waals surface area contributed by atoms with E-state index in [0.29, 0.717) is 18.7 Å². The molecule has 1 aliphatic rings. The number of hydrogen-bond donors (Lipinski definition) is 0. The van der Waals surface area contributed by atoms with Gasteiger partial charge in [0.15, 0.2) is 0 Å². The molecular weight excluding hydrogens is 268 g/mol. The normalized spacial score (nSPS) is 13.2. The molecule has 0 bridgehead atoms. The first-order valence-electron chi connectivity index (χ1n) is 6.66. The maximum absolute atomic E-state index is 12.3. The molecule has 2 heterocycles. The van der Waals surface area contributed by atoms with Crippen molar-refractivity contribution in [3.8, 4) is 11.5 Å². The van der Waals surface area contributed by atoms with Crippen LogP contribution in [0, 0.1) is 0 Å². The van der Waals surface area contributed by atoms with E-state index in [1.54, 1.807) is 31.5 Å². The minimum Gasteiger partial charge on any atom is -0.497 e. The minimum atomic E-state index is 0.0102. The molecule has 3 rings (SSSR count). The largest absolute Gasteiger partial charge is 0.497 e. The van der Waals surface area contributed by atoms with E-state index in [4.69, 9.17) is 9.47 Å². The van der Waals surface area contributed by atoms with E-state index in [2.05, 4.69) is 4.98 Å². The number of hydrogen-bond acceptors (Lipinski definition) is 4. The number of amides is 1. The number of methoxy groups -OCH3 is 2. The van der Waals surface area contributed by atoms with Crippen LogP contribution in [0.5, 0.6) is 11.5 Å². The minimum absolute atomic E-state index is 0.0102. The van der Waals surface area contributed by atoms with Crippen LogP contribution in [0.25, 0.3) is 0 Å². The van der Waals surface area contributed by atoms with E-state index < -0.39 is 0 Å². The van der Waals surface area contributed by atoms with Crippen molar-refractivity contribution < 1.29 is 14.3 Å². The van der Waals surface area contributed by atoms with E-state index >= 15 is 0 Å². The number of rotatable bonds is 4. The number of carbonyl (C=O) groups excluding carboxylic acids is 1. The standard InChI is InChI=1S/C16H16N2O3/c1-20-13-4-3-12(15(7-13)21-2)10-18-9-11-5-6-17-8-14(11)16(18)19/h3-8H,9-10H2,1-2H3. The quantitative estimate of drug-likeness (QED) is 0.864. The summed E-state index contributed by atoms with van der Waals surface area (Å²) >= 11 is 0. The summed E-state index contributed by atoms with van der Waals surface area (Å²) in [4.78, 5) is 18.1. The third-order valence-corrected chi connectivity index (χ3v) is 3.65. The lowest BCUT2D eigenvalue weighted by Crippen LogP contribution is -2.23. The lowest BCUT2D eigenvalue weighted by atomic mass is 10.1. The maximum atomic E-state index is 12.3. The van der Waals surface area contributed by atoms with Gasteiger partial charge in [0.1, 0.15) is 11.5 Å². The summed E-state index contributed by atoms with van der Waals surface area (Å²) in [5, 5.41) is 0. The second-order valence-electron chi connectivity index (χ2n) is 4.87. The fourth-order valence-corrected chi connectivity index (χ4v) is 2.52. The van der Waals surface area contributed by atoms with Crippen molar-refractivity contribution in [3.05, 3.63) is 53.3 Å². The van der Waals surface area contributed by atoms with Gasteiger partial charge in [0.2, 0.25) is 0 Å². The van der Waals surface area contributed by atoms with E-state index in [9.17, 15) is 4.79 Å². The molecule has 0 fully saturated rings. The second kappa shape index (κ2) is 5.44. The Morgan fingerprint density at radius 3 is 2.81 bits per heavy atom. The molecule has 1 aromatic heterocycles. The molecule has 0 N–H and O–H groups in total. The first-order valence-corrected chi connectivity index (χ1v) is 6.66. The zero-order valence-electron chi connectivity index (χ0n) is 12.0. The molecule has 0 aliphatic carbocycles. The summed E-state index contributed by atoms with van der Waals surface area (Å²) < 4.78 is 10.6. The topological polar surface area (TPSA) is 51.7 Å². The SMILES string of the molecule is COc1ccc(CN2Cc3ccncc3C2=O)c(OC)c1. The molecule has 21 heavy (non-hydrogen) atoms. The maximum Gasteiger partial charge on any atom is 0.256 e. The monoisotopic (exact) mass is 284 g/mol. The molecule has 5 heteroatoms. The van der Waals surface area contributed by atoms with Crippen LogP contribution in [0.3, 0.4) is 0 Å². The van der Waals surface area contributed by atoms with Crippen molar-refractivity contribution in [1.82, 2.24) is 9.88 Å². The smallest absolute Gasteiger partial charge is 0.256 e. The Labute approximate surface area is 123 Å². The van der Waals surface area contributed by atoms with Crippen molar-refractivity contribution in [2.45, 2.75) is 13.1 Å². The Hall–Kier alpha value is -2.56. The summed E-state index contributed by atoms with van der Waals surface area (Å²) in [5.74, 6) is 1.46. The van der Waals surface area contributed by atoms with Gasteiger partial charge in [-0.05, 0) is 23.8 Å². The Kier molecular flexibility index (Phi) is 3.48. The van der Waals surface area contributed by atoms with Gasteiger partial charge in [-0.25, -0.2) is 0 Å². The second-order valence-corrected chi connectivity index (χ2v) is 4.87.